The average Bonchev–Trinajstić information content (AvgIpc) is 2.77. The van der Waals surface area contributed by atoms with E-state index in [1.165, 1.54) is 0 Å². The minimum absolute atomic E-state index is 0.167. The Morgan fingerprint density at radius 1 is 1.26 bits per heavy atom. The highest BCUT2D eigenvalue weighted by molar-refractivity contribution is 9.10. The maximum absolute atomic E-state index is 11.0. The molecule has 2 rings (SSSR count). The minimum Gasteiger partial charge on any atom is -0.481 e. The number of halogens is 1. The number of aliphatic carboxylic acids is 1. The number of carbonyl (C=O) groups is 1. The molecule has 0 aliphatic heterocycles. The van der Waals surface area contributed by atoms with Crippen molar-refractivity contribution in [2.75, 3.05) is 0 Å². The van der Waals surface area contributed by atoms with Gasteiger partial charge in [-0.2, -0.15) is 0 Å². The molecule has 1 atom stereocenters. The van der Waals surface area contributed by atoms with Crippen LogP contribution in [0, 0.1) is 5.41 Å². The summed E-state index contributed by atoms with van der Waals surface area (Å²) in [7, 11) is 0. The van der Waals surface area contributed by atoms with E-state index in [1.807, 2.05) is 24.3 Å². The normalized spacial score (nSPS) is 19.3. The van der Waals surface area contributed by atoms with Crippen LogP contribution in [0.15, 0.2) is 28.7 Å². The molecule has 2 N–H and O–H groups in total. The first-order valence-corrected chi connectivity index (χ1v) is 7.45. The van der Waals surface area contributed by atoms with Gasteiger partial charge in [0.1, 0.15) is 0 Å². The Labute approximate surface area is 121 Å². The second-order valence-corrected chi connectivity index (χ2v) is 6.46. The number of aliphatic hydroxyl groups is 1. The summed E-state index contributed by atoms with van der Waals surface area (Å²) in [5.74, 6) is -0.759. The first-order chi connectivity index (χ1) is 9.01. The highest BCUT2D eigenvalue weighted by Crippen LogP contribution is 2.47. The lowest BCUT2D eigenvalue weighted by atomic mass is 9.76. The van der Waals surface area contributed by atoms with E-state index >= 15 is 0 Å². The first kappa shape index (κ1) is 14.5. The Kier molecular flexibility index (Phi) is 4.63. The molecule has 1 aromatic carbocycles. The third-order valence-electron chi connectivity index (χ3n) is 4.07. The molecule has 1 aromatic rings. The van der Waals surface area contributed by atoms with Crippen molar-refractivity contribution in [3.8, 4) is 0 Å². The molecule has 1 unspecified atom stereocenters. The van der Waals surface area contributed by atoms with Crippen LogP contribution in [0.5, 0.6) is 0 Å². The van der Waals surface area contributed by atoms with Crippen molar-refractivity contribution in [2.24, 2.45) is 5.41 Å². The summed E-state index contributed by atoms with van der Waals surface area (Å²) >= 11 is 3.37. The smallest absolute Gasteiger partial charge is 0.303 e. The Hall–Kier alpha value is -0.870. The molecule has 104 valence electrons. The summed E-state index contributed by atoms with van der Waals surface area (Å²) in [4.78, 5) is 11.0. The van der Waals surface area contributed by atoms with Crippen LogP contribution in [-0.2, 0) is 4.79 Å². The zero-order chi connectivity index (χ0) is 13.9. The third-order valence-corrected chi connectivity index (χ3v) is 4.60. The van der Waals surface area contributed by atoms with E-state index in [1.54, 1.807) is 0 Å². The zero-order valence-corrected chi connectivity index (χ0v) is 12.4. The molecule has 1 aliphatic carbocycles. The largest absolute Gasteiger partial charge is 0.481 e. The lowest BCUT2D eigenvalue weighted by molar-refractivity contribution is -0.140. The summed E-state index contributed by atoms with van der Waals surface area (Å²) in [5.41, 5.74) is 0.637. The molecular formula is C15H19BrO3. The SMILES string of the molecule is O=C(O)CC1(CC(O)c2ccc(Br)cc2)CCCC1. The third kappa shape index (κ3) is 3.80. The molecule has 1 saturated carbocycles. The predicted molar refractivity (Wildman–Crippen MR) is 76.9 cm³/mol. The minimum atomic E-state index is -0.759. The second kappa shape index (κ2) is 6.06. The highest BCUT2D eigenvalue weighted by atomic mass is 79.9. The molecule has 0 saturated heterocycles. The van der Waals surface area contributed by atoms with Crippen molar-refractivity contribution in [3.63, 3.8) is 0 Å². The molecular weight excluding hydrogens is 308 g/mol. The van der Waals surface area contributed by atoms with Crippen LogP contribution in [0.25, 0.3) is 0 Å². The van der Waals surface area contributed by atoms with Crippen molar-refractivity contribution >= 4 is 21.9 Å². The van der Waals surface area contributed by atoms with Crippen LogP contribution in [0.3, 0.4) is 0 Å². The molecule has 4 heteroatoms. The fraction of sp³-hybridized carbons (Fsp3) is 0.533. The fourth-order valence-corrected chi connectivity index (χ4v) is 3.38. The Bertz CT molecular complexity index is 435. The van der Waals surface area contributed by atoms with Gasteiger partial charge in [0, 0.05) is 4.47 Å². The second-order valence-electron chi connectivity index (χ2n) is 5.55. The zero-order valence-electron chi connectivity index (χ0n) is 10.8. The van der Waals surface area contributed by atoms with Gasteiger partial charge >= 0.3 is 5.97 Å². The summed E-state index contributed by atoms with van der Waals surface area (Å²) in [6, 6.07) is 7.57. The summed E-state index contributed by atoms with van der Waals surface area (Å²) < 4.78 is 0.976. The number of aliphatic hydroxyl groups excluding tert-OH is 1. The van der Waals surface area contributed by atoms with Gasteiger partial charge < -0.3 is 10.2 Å². The monoisotopic (exact) mass is 326 g/mol. The predicted octanol–water partition coefficient (Wildman–Crippen LogP) is 3.91. The maximum atomic E-state index is 11.0. The van der Waals surface area contributed by atoms with Crippen LogP contribution >= 0.6 is 15.9 Å². The molecule has 0 bridgehead atoms. The number of rotatable bonds is 5. The molecule has 0 amide bonds. The molecule has 0 radical (unpaired) electrons. The van der Waals surface area contributed by atoms with Crippen LogP contribution in [0.2, 0.25) is 0 Å². The van der Waals surface area contributed by atoms with Crippen LogP contribution in [-0.4, -0.2) is 16.2 Å². The molecule has 0 heterocycles. The number of carboxylic acid groups (broad SMARTS) is 1. The van der Waals surface area contributed by atoms with Crippen molar-refractivity contribution in [3.05, 3.63) is 34.3 Å². The van der Waals surface area contributed by atoms with Gasteiger partial charge in [-0.1, -0.05) is 40.9 Å². The molecule has 0 aromatic heterocycles. The van der Waals surface area contributed by atoms with Crippen LogP contribution in [0.1, 0.15) is 50.2 Å². The summed E-state index contributed by atoms with van der Waals surface area (Å²) in [6.45, 7) is 0. The van der Waals surface area contributed by atoms with Gasteiger partial charge in [0.05, 0.1) is 12.5 Å². The van der Waals surface area contributed by atoms with Crippen molar-refractivity contribution < 1.29 is 15.0 Å². The molecule has 1 aliphatic rings. The van der Waals surface area contributed by atoms with E-state index in [0.29, 0.717) is 6.42 Å². The van der Waals surface area contributed by atoms with Gasteiger partial charge in [0.25, 0.3) is 0 Å². The van der Waals surface area contributed by atoms with E-state index in [0.717, 1.165) is 35.7 Å². The fourth-order valence-electron chi connectivity index (χ4n) is 3.11. The van der Waals surface area contributed by atoms with Crippen molar-refractivity contribution in [1.82, 2.24) is 0 Å². The van der Waals surface area contributed by atoms with E-state index in [-0.39, 0.29) is 11.8 Å². The van der Waals surface area contributed by atoms with Gasteiger partial charge in [-0.3, -0.25) is 4.79 Å². The van der Waals surface area contributed by atoms with E-state index in [4.69, 9.17) is 5.11 Å². The summed E-state index contributed by atoms with van der Waals surface area (Å²) in [6.07, 6.45) is 4.09. The average molecular weight is 327 g/mol. The Morgan fingerprint density at radius 3 is 2.37 bits per heavy atom. The summed E-state index contributed by atoms with van der Waals surface area (Å²) in [5, 5.41) is 19.4. The van der Waals surface area contributed by atoms with E-state index in [9.17, 15) is 9.90 Å². The van der Waals surface area contributed by atoms with Crippen LogP contribution < -0.4 is 0 Å². The van der Waals surface area contributed by atoms with Gasteiger partial charge in [0.2, 0.25) is 0 Å². The Morgan fingerprint density at radius 2 is 1.84 bits per heavy atom. The van der Waals surface area contributed by atoms with Gasteiger partial charge in [-0.05, 0) is 42.4 Å². The van der Waals surface area contributed by atoms with Crippen molar-refractivity contribution in [2.45, 2.75) is 44.6 Å². The van der Waals surface area contributed by atoms with Crippen LogP contribution in [0.4, 0.5) is 0 Å². The molecule has 0 spiro atoms. The maximum Gasteiger partial charge on any atom is 0.303 e. The lowest BCUT2D eigenvalue weighted by Crippen LogP contribution is -2.23. The van der Waals surface area contributed by atoms with Gasteiger partial charge in [-0.25, -0.2) is 0 Å². The number of benzene rings is 1. The molecule has 3 nitrogen and oxygen atoms in total. The quantitative estimate of drug-likeness (QED) is 0.862. The Balaban J connectivity index is 2.08. The topological polar surface area (TPSA) is 57.5 Å². The molecule has 19 heavy (non-hydrogen) atoms. The van der Waals surface area contributed by atoms with E-state index < -0.39 is 12.1 Å². The number of hydrogen-bond donors (Lipinski definition) is 2. The van der Waals surface area contributed by atoms with Gasteiger partial charge in [-0.15, -0.1) is 0 Å². The first-order valence-electron chi connectivity index (χ1n) is 6.66. The van der Waals surface area contributed by atoms with Crippen molar-refractivity contribution in [1.29, 1.82) is 0 Å². The standard InChI is InChI=1S/C15H19BrO3/c16-12-5-3-11(4-6-12)13(17)9-15(10-14(18)19)7-1-2-8-15/h3-6,13,17H,1-2,7-10H2,(H,18,19). The highest BCUT2D eigenvalue weighted by Gasteiger charge is 2.37. The molecule has 1 fully saturated rings. The van der Waals surface area contributed by atoms with E-state index in [2.05, 4.69) is 15.9 Å². The van der Waals surface area contributed by atoms with Gasteiger partial charge in [0.15, 0.2) is 0 Å². The number of hydrogen-bond acceptors (Lipinski definition) is 2. The number of carboxylic acids is 1. The lowest BCUT2D eigenvalue weighted by Gasteiger charge is -2.29.